The first-order valence-electron chi connectivity index (χ1n) is 4.75. The first kappa shape index (κ1) is 7.97. The topological polar surface area (TPSA) is 38.9 Å². The molecule has 4 heteroatoms. The summed E-state index contributed by atoms with van der Waals surface area (Å²) in [6.07, 6.45) is 3.99. The van der Waals surface area contributed by atoms with Crippen LogP contribution in [0.2, 0.25) is 0 Å². The largest absolute Gasteiger partial charge is 0.339 e. The first-order valence-corrected chi connectivity index (χ1v) is 5.87. The van der Waals surface area contributed by atoms with E-state index >= 15 is 0 Å². The van der Waals surface area contributed by atoms with Crippen molar-refractivity contribution in [3.8, 4) is 0 Å². The zero-order chi connectivity index (χ0) is 8.84. The third-order valence-electron chi connectivity index (χ3n) is 3.20. The van der Waals surface area contributed by atoms with Crippen molar-refractivity contribution in [2.45, 2.75) is 30.5 Å². The minimum Gasteiger partial charge on any atom is -0.339 e. The van der Waals surface area contributed by atoms with Crippen LogP contribution in [0.4, 0.5) is 0 Å². The van der Waals surface area contributed by atoms with Crippen molar-refractivity contribution < 1.29 is 4.52 Å². The van der Waals surface area contributed by atoms with Gasteiger partial charge < -0.3 is 4.52 Å². The van der Waals surface area contributed by atoms with E-state index in [-0.39, 0.29) is 0 Å². The lowest BCUT2D eigenvalue weighted by atomic mass is 10.0. The molecule has 0 radical (unpaired) electrons. The highest BCUT2D eigenvalue weighted by Crippen LogP contribution is 2.57. The van der Waals surface area contributed by atoms with Crippen LogP contribution in [0.5, 0.6) is 0 Å². The Morgan fingerprint density at radius 1 is 1.31 bits per heavy atom. The van der Waals surface area contributed by atoms with Crippen LogP contribution in [-0.4, -0.2) is 10.1 Å². The molecule has 3 rings (SSSR count). The third kappa shape index (κ3) is 1.31. The molecule has 0 spiro atoms. The molecule has 1 aromatic rings. The third-order valence-corrected chi connectivity index (χ3v) is 3.70. The standard InChI is InChI=1S/C9H11BrN2O/c10-4-8-11-9(13-12-8)7-2-5-1-6(5)3-7/h5-7H,1-4H2. The molecule has 0 aliphatic heterocycles. The normalized spacial score (nSPS) is 36.2. The molecule has 0 amide bonds. The van der Waals surface area contributed by atoms with E-state index in [2.05, 4.69) is 26.1 Å². The van der Waals surface area contributed by atoms with Crippen LogP contribution < -0.4 is 0 Å². The van der Waals surface area contributed by atoms with Gasteiger partial charge in [0, 0.05) is 5.92 Å². The second kappa shape index (κ2) is 2.80. The summed E-state index contributed by atoms with van der Waals surface area (Å²) >= 11 is 3.32. The van der Waals surface area contributed by atoms with Crippen LogP contribution in [0.25, 0.3) is 0 Å². The first-order chi connectivity index (χ1) is 6.36. The van der Waals surface area contributed by atoms with Crippen molar-refractivity contribution in [3.63, 3.8) is 0 Å². The predicted octanol–water partition coefficient (Wildman–Crippen LogP) is 2.48. The molecule has 2 aliphatic rings. The van der Waals surface area contributed by atoms with Crippen molar-refractivity contribution in [2.75, 3.05) is 0 Å². The summed E-state index contributed by atoms with van der Waals surface area (Å²) in [5.74, 6) is 4.15. The molecule has 3 nitrogen and oxygen atoms in total. The molecular formula is C9H11BrN2O. The SMILES string of the molecule is BrCc1noc(C2CC3CC3C2)n1. The summed E-state index contributed by atoms with van der Waals surface area (Å²) in [4.78, 5) is 4.34. The molecule has 2 unspecified atom stereocenters. The van der Waals surface area contributed by atoms with E-state index in [0.29, 0.717) is 11.2 Å². The smallest absolute Gasteiger partial charge is 0.229 e. The van der Waals surface area contributed by atoms with Crippen molar-refractivity contribution in [2.24, 2.45) is 11.8 Å². The summed E-state index contributed by atoms with van der Waals surface area (Å²) in [7, 11) is 0. The van der Waals surface area contributed by atoms with Crippen molar-refractivity contribution in [3.05, 3.63) is 11.7 Å². The van der Waals surface area contributed by atoms with Crippen LogP contribution >= 0.6 is 15.9 Å². The average Bonchev–Trinajstić information content (AvgIpc) is 2.67. The van der Waals surface area contributed by atoms with Gasteiger partial charge in [-0.2, -0.15) is 4.98 Å². The Balaban J connectivity index is 1.77. The Hall–Kier alpha value is -0.380. The molecule has 70 valence electrons. The lowest BCUT2D eigenvalue weighted by molar-refractivity contribution is 0.343. The highest BCUT2D eigenvalue weighted by atomic mass is 79.9. The second-order valence-corrected chi connectivity index (χ2v) is 4.67. The van der Waals surface area contributed by atoms with Gasteiger partial charge in [-0.15, -0.1) is 0 Å². The summed E-state index contributed by atoms with van der Waals surface area (Å²) in [5.41, 5.74) is 0. The van der Waals surface area contributed by atoms with E-state index in [1.165, 1.54) is 19.3 Å². The molecule has 2 saturated carbocycles. The number of nitrogens with zero attached hydrogens (tertiary/aromatic N) is 2. The maximum absolute atomic E-state index is 5.22. The average molecular weight is 243 g/mol. The zero-order valence-electron chi connectivity index (χ0n) is 7.24. The van der Waals surface area contributed by atoms with Gasteiger partial charge in [0.1, 0.15) is 0 Å². The van der Waals surface area contributed by atoms with Crippen LogP contribution in [0.3, 0.4) is 0 Å². The molecular weight excluding hydrogens is 232 g/mol. The minimum atomic E-state index is 0.559. The Morgan fingerprint density at radius 3 is 2.69 bits per heavy atom. The Kier molecular flexibility index (Phi) is 1.72. The maximum atomic E-state index is 5.22. The number of aromatic nitrogens is 2. The zero-order valence-corrected chi connectivity index (χ0v) is 8.83. The number of rotatable bonds is 2. The van der Waals surface area contributed by atoms with Crippen LogP contribution in [-0.2, 0) is 5.33 Å². The molecule has 2 aliphatic carbocycles. The molecule has 2 atom stereocenters. The van der Waals surface area contributed by atoms with Gasteiger partial charge >= 0.3 is 0 Å². The molecule has 0 N–H and O–H groups in total. The van der Waals surface area contributed by atoms with E-state index in [9.17, 15) is 0 Å². The summed E-state index contributed by atoms with van der Waals surface area (Å²) < 4.78 is 5.22. The molecule has 0 bridgehead atoms. The fraction of sp³-hybridized carbons (Fsp3) is 0.778. The van der Waals surface area contributed by atoms with Crippen LogP contribution in [0.1, 0.15) is 36.9 Å². The number of fused-ring (bicyclic) bond motifs is 1. The van der Waals surface area contributed by atoms with Gasteiger partial charge in [-0.3, -0.25) is 0 Å². The summed E-state index contributed by atoms with van der Waals surface area (Å²) in [6, 6.07) is 0. The van der Waals surface area contributed by atoms with E-state index < -0.39 is 0 Å². The fourth-order valence-electron chi connectivity index (χ4n) is 2.40. The fourth-order valence-corrected chi connectivity index (χ4v) is 2.63. The lowest BCUT2D eigenvalue weighted by Crippen LogP contribution is -1.96. The van der Waals surface area contributed by atoms with Gasteiger partial charge in [-0.05, 0) is 31.1 Å². The van der Waals surface area contributed by atoms with E-state index in [1.807, 2.05) is 0 Å². The molecule has 1 aromatic heterocycles. The number of hydrogen-bond donors (Lipinski definition) is 0. The highest BCUT2D eigenvalue weighted by Gasteiger charge is 2.47. The Labute approximate surface area is 85.0 Å². The number of alkyl halides is 1. The quantitative estimate of drug-likeness (QED) is 0.749. The monoisotopic (exact) mass is 242 g/mol. The van der Waals surface area contributed by atoms with Crippen LogP contribution in [0, 0.1) is 11.8 Å². The van der Waals surface area contributed by atoms with Crippen molar-refractivity contribution >= 4 is 15.9 Å². The number of halogens is 1. The molecule has 1 heterocycles. The van der Waals surface area contributed by atoms with Gasteiger partial charge in [0.15, 0.2) is 5.82 Å². The number of hydrogen-bond acceptors (Lipinski definition) is 3. The lowest BCUT2D eigenvalue weighted by Gasteiger charge is -2.03. The van der Waals surface area contributed by atoms with Crippen molar-refractivity contribution in [1.29, 1.82) is 0 Å². The maximum Gasteiger partial charge on any atom is 0.229 e. The predicted molar refractivity (Wildman–Crippen MR) is 50.5 cm³/mol. The van der Waals surface area contributed by atoms with Gasteiger partial charge in [0.05, 0.1) is 5.33 Å². The Bertz CT molecular complexity index is 315. The van der Waals surface area contributed by atoms with Gasteiger partial charge in [-0.1, -0.05) is 21.1 Å². The van der Waals surface area contributed by atoms with Gasteiger partial charge in [0.2, 0.25) is 5.89 Å². The molecule has 13 heavy (non-hydrogen) atoms. The second-order valence-electron chi connectivity index (χ2n) is 4.11. The minimum absolute atomic E-state index is 0.559. The van der Waals surface area contributed by atoms with Gasteiger partial charge in [-0.25, -0.2) is 0 Å². The Morgan fingerprint density at radius 2 is 2.08 bits per heavy atom. The molecule has 0 saturated heterocycles. The summed E-state index contributed by atoms with van der Waals surface area (Å²) in [6.45, 7) is 0. The van der Waals surface area contributed by atoms with Crippen molar-refractivity contribution in [1.82, 2.24) is 10.1 Å². The van der Waals surface area contributed by atoms with E-state index in [0.717, 1.165) is 23.6 Å². The van der Waals surface area contributed by atoms with Crippen LogP contribution in [0.15, 0.2) is 4.52 Å². The molecule has 0 aromatic carbocycles. The molecule has 2 fully saturated rings. The summed E-state index contributed by atoms with van der Waals surface area (Å²) in [5, 5.41) is 4.58. The van der Waals surface area contributed by atoms with E-state index in [4.69, 9.17) is 4.52 Å². The van der Waals surface area contributed by atoms with E-state index in [1.54, 1.807) is 0 Å². The van der Waals surface area contributed by atoms with Gasteiger partial charge in [0.25, 0.3) is 0 Å². The highest BCUT2D eigenvalue weighted by molar-refractivity contribution is 9.08.